The second-order valence-electron chi connectivity index (χ2n) is 4.21. The van der Waals surface area contributed by atoms with Crippen molar-refractivity contribution in [1.29, 1.82) is 5.26 Å². The Morgan fingerprint density at radius 3 is 2.82 bits per heavy atom. The van der Waals surface area contributed by atoms with Crippen LogP contribution in [0.3, 0.4) is 0 Å². The van der Waals surface area contributed by atoms with Gasteiger partial charge in [-0.2, -0.15) is 5.26 Å². The highest BCUT2D eigenvalue weighted by atomic mass is 15.2. The van der Waals surface area contributed by atoms with Crippen LogP contribution < -0.4 is 4.90 Å². The van der Waals surface area contributed by atoms with Crippen molar-refractivity contribution in [3.05, 3.63) is 30.0 Å². The molecule has 84 valence electrons. The minimum Gasteiger partial charge on any atom is -0.355 e. The number of anilines is 1. The second kappa shape index (κ2) is 4.02. The first-order valence-corrected chi connectivity index (χ1v) is 5.79. The normalized spacial score (nSPS) is 15.1. The molecule has 0 radical (unpaired) electrons. The summed E-state index contributed by atoms with van der Waals surface area (Å²) in [5.74, 6) is 0.887. The number of hydrogen-bond acceptors (Lipinski definition) is 4. The molecule has 1 aliphatic heterocycles. The average Bonchev–Trinajstić information content (AvgIpc) is 2.91. The topological polar surface area (TPSA) is 52.8 Å². The molecule has 2 aromatic rings. The van der Waals surface area contributed by atoms with Gasteiger partial charge in [0, 0.05) is 13.1 Å². The second-order valence-corrected chi connectivity index (χ2v) is 4.21. The van der Waals surface area contributed by atoms with E-state index in [1.165, 1.54) is 12.8 Å². The molecule has 1 saturated heterocycles. The Bertz CT molecular complexity index is 594. The van der Waals surface area contributed by atoms with Gasteiger partial charge in [-0.25, -0.2) is 4.98 Å². The standard InChI is InChI=1S/C13H12N4/c14-8-10-4-3-5-11-13(10)16-12(9-15-11)17-6-1-2-7-17/h3-5,9H,1-2,6-7H2. The van der Waals surface area contributed by atoms with Crippen LogP contribution in [0, 0.1) is 11.3 Å². The van der Waals surface area contributed by atoms with Gasteiger partial charge < -0.3 is 4.90 Å². The molecule has 0 unspecified atom stereocenters. The molecule has 0 saturated carbocycles. The number of hydrogen-bond donors (Lipinski definition) is 0. The van der Waals surface area contributed by atoms with Crippen molar-refractivity contribution in [3.63, 3.8) is 0 Å². The molecule has 0 atom stereocenters. The Hall–Kier alpha value is -2.15. The molecule has 0 spiro atoms. The van der Waals surface area contributed by atoms with Crippen LogP contribution in [-0.4, -0.2) is 23.1 Å². The highest BCUT2D eigenvalue weighted by molar-refractivity contribution is 5.81. The number of benzene rings is 1. The van der Waals surface area contributed by atoms with Crippen LogP contribution in [0.25, 0.3) is 11.0 Å². The number of para-hydroxylation sites is 1. The highest BCUT2D eigenvalue weighted by Gasteiger charge is 2.14. The Labute approximate surface area is 99.5 Å². The summed E-state index contributed by atoms with van der Waals surface area (Å²) in [7, 11) is 0. The molecule has 4 nitrogen and oxygen atoms in total. The number of nitrogens with zero attached hydrogens (tertiary/aromatic N) is 4. The molecule has 1 aromatic heterocycles. The summed E-state index contributed by atoms with van der Waals surface area (Å²) in [6.45, 7) is 2.07. The zero-order valence-corrected chi connectivity index (χ0v) is 9.43. The van der Waals surface area contributed by atoms with E-state index in [-0.39, 0.29) is 0 Å². The molecule has 0 aliphatic carbocycles. The van der Waals surface area contributed by atoms with Gasteiger partial charge in [-0.15, -0.1) is 0 Å². The lowest BCUT2D eigenvalue weighted by atomic mass is 10.2. The van der Waals surface area contributed by atoms with Crippen LogP contribution in [0.15, 0.2) is 24.4 Å². The summed E-state index contributed by atoms with van der Waals surface area (Å²) in [5.41, 5.74) is 2.09. The van der Waals surface area contributed by atoms with Gasteiger partial charge in [0.05, 0.1) is 17.3 Å². The monoisotopic (exact) mass is 224 g/mol. The third kappa shape index (κ3) is 1.70. The summed E-state index contributed by atoms with van der Waals surface area (Å²) in [6.07, 6.45) is 4.22. The van der Waals surface area contributed by atoms with E-state index in [9.17, 15) is 0 Å². The maximum Gasteiger partial charge on any atom is 0.147 e. The maximum absolute atomic E-state index is 9.06. The molecule has 1 aliphatic rings. The molecule has 3 rings (SSSR count). The van der Waals surface area contributed by atoms with Gasteiger partial charge in [0.1, 0.15) is 17.4 Å². The Balaban J connectivity index is 2.14. The van der Waals surface area contributed by atoms with E-state index in [0.717, 1.165) is 24.4 Å². The Morgan fingerprint density at radius 1 is 1.24 bits per heavy atom. The lowest BCUT2D eigenvalue weighted by molar-refractivity contribution is 0.936. The first-order chi connectivity index (χ1) is 8.38. The van der Waals surface area contributed by atoms with Crippen LogP contribution in [-0.2, 0) is 0 Å². The van der Waals surface area contributed by atoms with Crippen molar-refractivity contribution >= 4 is 16.9 Å². The van der Waals surface area contributed by atoms with Crippen LogP contribution >= 0.6 is 0 Å². The summed E-state index contributed by atoms with van der Waals surface area (Å²) in [5, 5.41) is 9.06. The van der Waals surface area contributed by atoms with Gasteiger partial charge in [-0.05, 0) is 25.0 Å². The Morgan fingerprint density at radius 2 is 2.06 bits per heavy atom. The number of fused-ring (bicyclic) bond motifs is 1. The van der Waals surface area contributed by atoms with E-state index in [1.807, 2.05) is 12.1 Å². The summed E-state index contributed by atoms with van der Waals surface area (Å²) < 4.78 is 0. The number of aromatic nitrogens is 2. The molecule has 1 aromatic carbocycles. The van der Waals surface area contributed by atoms with Crippen molar-refractivity contribution in [1.82, 2.24) is 9.97 Å². The quantitative estimate of drug-likeness (QED) is 0.744. The molecule has 0 N–H and O–H groups in total. The predicted octanol–water partition coefficient (Wildman–Crippen LogP) is 2.10. The third-order valence-electron chi connectivity index (χ3n) is 3.11. The van der Waals surface area contributed by atoms with Crippen molar-refractivity contribution in [2.75, 3.05) is 18.0 Å². The van der Waals surface area contributed by atoms with Crippen molar-refractivity contribution in [3.8, 4) is 6.07 Å². The van der Waals surface area contributed by atoms with Crippen molar-refractivity contribution in [2.45, 2.75) is 12.8 Å². The van der Waals surface area contributed by atoms with E-state index in [0.29, 0.717) is 11.1 Å². The van der Waals surface area contributed by atoms with Crippen LogP contribution in [0.1, 0.15) is 18.4 Å². The van der Waals surface area contributed by atoms with E-state index in [2.05, 4.69) is 20.9 Å². The summed E-state index contributed by atoms with van der Waals surface area (Å²) >= 11 is 0. The lowest BCUT2D eigenvalue weighted by Crippen LogP contribution is -2.19. The zero-order chi connectivity index (χ0) is 11.7. The van der Waals surface area contributed by atoms with E-state index < -0.39 is 0 Å². The van der Waals surface area contributed by atoms with E-state index in [1.54, 1.807) is 12.3 Å². The SMILES string of the molecule is N#Cc1cccc2ncc(N3CCCC3)nc12. The first kappa shape index (κ1) is 10.0. The number of nitriles is 1. The largest absolute Gasteiger partial charge is 0.355 e. The minimum absolute atomic E-state index is 0.594. The van der Waals surface area contributed by atoms with Gasteiger partial charge in [-0.3, -0.25) is 4.98 Å². The predicted molar refractivity (Wildman–Crippen MR) is 65.7 cm³/mol. The number of rotatable bonds is 1. The fraction of sp³-hybridized carbons (Fsp3) is 0.308. The van der Waals surface area contributed by atoms with Crippen molar-refractivity contribution < 1.29 is 0 Å². The van der Waals surface area contributed by atoms with Crippen LogP contribution in [0.5, 0.6) is 0 Å². The molecule has 0 bridgehead atoms. The maximum atomic E-state index is 9.06. The molecule has 0 amide bonds. The molecule has 1 fully saturated rings. The summed E-state index contributed by atoms with van der Waals surface area (Å²) in [4.78, 5) is 11.2. The minimum atomic E-state index is 0.594. The summed E-state index contributed by atoms with van der Waals surface area (Å²) in [6, 6.07) is 7.67. The van der Waals surface area contributed by atoms with Gasteiger partial charge >= 0.3 is 0 Å². The van der Waals surface area contributed by atoms with Gasteiger partial charge in [-0.1, -0.05) is 6.07 Å². The zero-order valence-electron chi connectivity index (χ0n) is 9.43. The lowest BCUT2D eigenvalue weighted by Gasteiger charge is -2.16. The van der Waals surface area contributed by atoms with Crippen LogP contribution in [0.2, 0.25) is 0 Å². The van der Waals surface area contributed by atoms with Crippen molar-refractivity contribution in [2.24, 2.45) is 0 Å². The van der Waals surface area contributed by atoms with Gasteiger partial charge in [0.25, 0.3) is 0 Å². The Kier molecular flexibility index (Phi) is 2.37. The molecular formula is C13H12N4. The molecule has 17 heavy (non-hydrogen) atoms. The van der Waals surface area contributed by atoms with E-state index >= 15 is 0 Å². The molecule has 4 heteroatoms. The smallest absolute Gasteiger partial charge is 0.147 e. The fourth-order valence-corrected chi connectivity index (χ4v) is 2.21. The first-order valence-electron chi connectivity index (χ1n) is 5.79. The average molecular weight is 224 g/mol. The van der Waals surface area contributed by atoms with Gasteiger partial charge in [0.15, 0.2) is 0 Å². The highest BCUT2D eigenvalue weighted by Crippen LogP contribution is 2.21. The third-order valence-corrected chi connectivity index (χ3v) is 3.11. The van der Waals surface area contributed by atoms with Crippen LogP contribution in [0.4, 0.5) is 5.82 Å². The fourth-order valence-electron chi connectivity index (χ4n) is 2.21. The molecular weight excluding hydrogens is 212 g/mol. The molecule has 2 heterocycles. The van der Waals surface area contributed by atoms with Gasteiger partial charge in [0.2, 0.25) is 0 Å². The van der Waals surface area contributed by atoms with E-state index in [4.69, 9.17) is 5.26 Å².